The standard InChI is InChI=1S/C17H18Cl2FN5/c1-8(9-2-3-9)24-14-12(13-11(19)6-10(18)7-23-13)16(20)25-17-15(14)21-4-5-22-17/h6-9,21H,2-5H2,1H3,(H2,22,24,25). The van der Waals surface area contributed by atoms with Crippen LogP contribution in [0.25, 0.3) is 11.3 Å². The number of hydrogen-bond acceptors (Lipinski definition) is 5. The Morgan fingerprint density at radius 2 is 2.04 bits per heavy atom. The molecule has 2 aromatic rings. The van der Waals surface area contributed by atoms with Crippen LogP contribution >= 0.6 is 23.2 Å². The van der Waals surface area contributed by atoms with Gasteiger partial charge in [-0.15, -0.1) is 0 Å². The van der Waals surface area contributed by atoms with E-state index in [1.54, 1.807) is 6.07 Å². The number of pyridine rings is 2. The van der Waals surface area contributed by atoms with Crippen molar-refractivity contribution >= 4 is 40.4 Å². The molecular weight excluding hydrogens is 364 g/mol. The van der Waals surface area contributed by atoms with Crippen LogP contribution in [0.1, 0.15) is 19.8 Å². The molecule has 0 radical (unpaired) electrons. The average Bonchev–Trinajstić information content (AvgIpc) is 3.41. The van der Waals surface area contributed by atoms with Crippen molar-refractivity contribution < 1.29 is 4.39 Å². The maximum Gasteiger partial charge on any atom is 0.226 e. The average molecular weight is 382 g/mol. The van der Waals surface area contributed by atoms with Crippen LogP contribution in [0.15, 0.2) is 12.3 Å². The highest BCUT2D eigenvalue weighted by atomic mass is 35.5. The number of rotatable bonds is 4. The third-order valence-electron chi connectivity index (χ3n) is 4.62. The third-order valence-corrected chi connectivity index (χ3v) is 5.11. The first kappa shape index (κ1) is 16.7. The molecule has 4 rings (SSSR count). The highest BCUT2D eigenvalue weighted by Crippen LogP contribution is 2.44. The predicted molar refractivity (Wildman–Crippen MR) is 100 cm³/mol. The SMILES string of the molecule is CC(Nc1c2c(nc(F)c1-c1ncc(Cl)cc1Cl)NCCN2)C1CC1. The second-order valence-corrected chi connectivity index (χ2v) is 7.33. The first-order chi connectivity index (χ1) is 12.0. The van der Waals surface area contributed by atoms with Gasteiger partial charge in [0, 0.05) is 25.3 Å². The Bertz CT molecular complexity index is 825. The topological polar surface area (TPSA) is 61.9 Å². The summed E-state index contributed by atoms with van der Waals surface area (Å²) in [5, 5.41) is 10.6. The molecule has 2 aromatic heterocycles. The molecule has 0 bridgehead atoms. The molecule has 1 atom stereocenters. The maximum absolute atomic E-state index is 14.9. The Balaban J connectivity index is 1.88. The molecule has 1 aliphatic carbocycles. The van der Waals surface area contributed by atoms with Gasteiger partial charge in [-0.05, 0) is 31.7 Å². The van der Waals surface area contributed by atoms with Gasteiger partial charge in [0.25, 0.3) is 0 Å². The zero-order valence-electron chi connectivity index (χ0n) is 13.7. The molecule has 0 saturated heterocycles. The van der Waals surface area contributed by atoms with E-state index in [-0.39, 0.29) is 11.6 Å². The molecule has 8 heteroatoms. The fraction of sp³-hybridized carbons (Fsp3) is 0.412. The van der Waals surface area contributed by atoms with Gasteiger partial charge in [0.05, 0.1) is 27.0 Å². The van der Waals surface area contributed by atoms with Crippen LogP contribution in [0.3, 0.4) is 0 Å². The van der Waals surface area contributed by atoms with E-state index in [1.807, 2.05) is 0 Å². The third kappa shape index (κ3) is 3.20. The molecule has 1 saturated carbocycles. The van der Waals surface area contributed by atoms with Crippen LogP contribution in [-0.2, 0) is 0 Å². The van der Waals surface area contributed by atoms with E-state index in [4.69, 9.17) is 23.2 Å². The fourth-order valence-corrected chi connectivity index (χ4v) is 3.60. The van der Waals surface area contributed by atoms with Gasteiger partial charge < -0.3 is 16.0 Å². The second kappa shape index (κ2) is 6.50. The monoisotopic (exact) mass is 381 g/mol. The summed E-state index contributed by atoms with van der Waals surface area (Å²) in [6, 6.07) is 1.78. The van der Waals surface area contributed by atoms with Gasteiger partial charge in [-0.2, -0.15) is 9.37 Å². The highest BCUT2D eigenvalue weighted by molar-refractivity contribution is 6.36. The van der Waals surface area contributed by atoms with Crippen molar-refractivity contribution in [2.45, 2.75) is 25.8 Å². The van der Waals surface area contributed by atoms with E-state index in [0.29, 0.717) is 39.7 Å². The van der Waals surface area contributed by atoms with Gasteiger partial charge in [0.2, 0.25) is 5.95 Å². The molecule has 1 unspecified atom stereocenters. The molecule has 3 heterocycles. The summed E-state index contributed by atoms with van der Waals surface area (Å²) in [4.78, 5) is 8.32. The van der Waals surface area contributed by atoms with Crippen molar-refractivity contribution in [3.63, 3.8) is 0 Å². The minimum atomic E-state index is -0.614. The molecule has 2 aliphatic rings. The van der Waals surface area contributed by atoms with Gasteiger partial charge >= 0.3 is 0 Å². The molecule has 3 N–H and O–H groups in total. The lowest BCUT2D eigenvalue weighted by molar-refractivity contribution is 0.587. The van der Waals surface area contributed by atoms with E-state index < -0.39 is 5.95 Å². The molecule has 25 heavy (non-hydrogen) atoms. The van der Waals surface area contributed by atoms with Crippen molar-refractivity contribution in [1.29, 1.82) is 0 Å². The summed E-state index contributed by atoms with van der Waals surface area (Å²) in [7, 11) is 0. The predicted octanol–water partition coefficient (Wildman–Crippen LogP) is 4.64. The van der Waals surface area contributed by atoms with Crippen molar-refractivity contribution in [2.24, 2.45) is 5.92 Å². The number of hydrogen-bond donors (Lipinski definition) is 3. The molecular formula is C17H18Cl2FN5. The van der Waals surface area contributed by atoms with Crippen LogP contribution in [0, 0.1) is 11.9 Å². The van der Waals surface area contributed by atoms with E-state index >= 15 is 0 Å². The Labute approximate surface area is 155 Å². The van der Waals surface area contributed by atoms with E-state index in [2.05, 4.69) is 32.8 Å². The van der Waals surface area contributed by atoms with Crippen LogP contribution in [0.4, 0.5) is 21.6 Å². The lowest BCUT2D eigenvalue weighted by atomic mass is 10.1. The minimum absolute atomic E-state index is 0.222. The van der Waals surface area contributed by atoms with E-state index in [1.165, 1.54) is 19.0 Å². The number of fused-ring (bicyclic) bond motifs is 1. The number of anilines is 3. The van der Waals surface area contributed by atoms with Crippen LogP contribution in [0.5, 0.6) is 0 Å². The summed E-state index contributed by atoms with van der Waals surface area (Å²) in [5.41, 5.74) is 2.00. The van der Waals surface area contributed by atoms with Crippen molar-refractivity contribution in [2.75, 3.05) is 29.0 Å². The summed E-state index contributed by atoms with van der Waals surface area (Å²) < 4.78 is 14.9. The lowest BCUT2D eigenvalue weighted by Crippen LogP contribution is -2.26. The largest absolute Gasteiger partial charge is 0.380 e. The van der Waals surface area contributed by atoms with Crippen LogP contribution < -0.4 is 16.0 Å². The first-order valence-electron chi connectivity index (χ1n) is 8.33. The molecule has 0 spiro atoms. The van der Waals surface area contributed by atoms with Crippen molar-refractivity contribution in [3.05, 3.63) is 28.3 Å². The Morgan fingerprint density at radius 3 is 2.76 bits per heavy atom. The molecule has 0 aromatic carbocycles. The Hall–Kier alpha value is -1.79. The molecule has 5 nitrogen and oxygen atoms in total. The minimum Gasteiger partial charge on any atom is -0.380 e. The normalized spacial score (nSPS) is 17.3. The summed E-state index contributed by atoms with van der Waals surface area (Å²) >= 11 is 12.2. The first-order valence-corrected chi connectivity index (χ1v) is 9.09. The smallest absolute Gasteiger partial charge is 0.226 e. The summed E-state index contributed by atoms with van der Waals surface area (Å²) in [6.45, 7) is 3.53. The zero-order chi connectivity index (χ0) is 17.6. The van der Waals surface area contributed by atoms with Gasteiger partial charge in [-0.3, -0.25) is 4.98 Å². The highest BCUT2D eigenvalue weighted by Gasteiger charge is 2.31. The number of nitrogens with zero attached hydrogens (tertiary/aromatic N) is 2. The van der Waals surface area contributed by atoms with Gasteiger partial charge in [0.15, 0.2) is 5.82 Å². The second-order valence-electron chi connectivity index (χ2n) is 6.48. The Kier molecular flexibility index (Phi) is 4.33. The quantitative estimate of drug-likeness (QED) is 0.673. The molecule has 1 fully saturated rings. The van der Waals surface area contributed by atoms with Crippen molar-refractivity contribution in [1.82, 2.24) is 9.97 Å². The molecule has 0 amide bonds. The summed E-state index contributed by atoms with van der Waals surface area (Å²) in [5.74, 6) is 0.491. The number of aromatic nitrogens is 2. The van der Waals surface area contributed by atoms with Gasteiger partial charge in [-0.25, -0.2) is 0 Å². The van der Waals surface area contributed by atoms with E-state index in [9.17, 15) is 4.39 Å². The maximum atomic E-state index is 14.9. The summed E-state index contributed by atoms with van der Waals surface area (Å²) in [6.07, 6.45) is 3.83. The van der Waals surface area contributed by atoms with Gasteiger partial charge in [-0.1, -0.05) is 23.2 Å². The fourth-order valence-electron chi connectivity index (χ4n) is 3.13. The zero-order valence-corrected chi connectivity index (χ0v) is 15.2. The number of nitrogens with one attached hydrogen (secondary N) is 3. The molecule has 132 valence electrons. The number of halogens is 3. The van der Waals surface area contributed by atoms with Gasteiger partial charge in [0.1, 0.15) is 5.69 Å². The Morgan fingerprint density at radius 1 is 1.28 bits per heavy atom. The van der Waals surface area contributed by atoms with E-state index in [0.717, 1.165) is 12.2 Å². The lowest BCUT2D eigenvalue weighted by Gasteiger charge is -2.27. The van der Waals surface area contributed by atoms with Crippen LogP contribution in [0.2, 0.25) is 10.0 Å². The molecule has 1 aliphatic heterocycles. The van der Waals surface area contributed by atoms with Crippen molar-refractivity contribution in [3.8, 4) is 11.3 Å². The van der Waals surface area contributed by atoms with Crippen LogP contribution in [-0.4, -0.2) is 29.1 Å².